The van der Waals surface area contributed by atoms with Gasteiger partial charge >= 0.3 is 0 Å². The number of rotatable bonds is 8. The molecule has 98 valence electrons. The van der Waals surface area contributed by atoms with Gasteiger partial charge in [-0.05, 0) is 36.8 Å². The molecular formula is C15H25O2-. The fourth-order valence-electron chi connectivity index (χ4n) is 1.71. The Morgan fingerprint density at radius 3 is 2.41 bits per heavy atom. The van der Waals surface area contributed by atoms with Crippen molar-refractivity contribution in [3.8, 4) is 0 Å². The van der Waals surface area contributed by atoms with Crippen LogP contribution in [0, 0.1) is 11.8 Å². The molecule has 0 N–H and O–H groups in total. The zero-order chi connectivity index (χ0) is 13.3. The molecule has 0 heterocycles. The van der Waals surface area contributed by atoms with Crippen LogP contribution < -0.4 is 5.11 Å². The van der Waals surface area contributed by atoms with Gasteiger partial charge in [-0.3, -0.25) is 0 Å². The molecule has 0 aliphatic heterocycles. The average molecular weight is 237 g/mol. The van der Waals surface area contributed by atoms with Crippen LogP contribution in [0.5, 0.6) is 0 Å². The molecule has 0 radical (unpaired) electrons. The Kier molecular flexibility index (Phi) is 8.47. The van der Waals surface area contributed by atoms with Crippen molar-refractivity contribution < 1.29 is 9.90 Å². The minimum absolute atomic E-state index is 0.667. The average Bonchev–Trinajstić information content (AvgIpc) is 2.15. The second-order valence-corrected chi connectivity index (χ2v) is 5.28. The third-order valence-electron chi connectivity index (χ3n) is 2.74. The van der Waals surface area contributed by atoms with Gasteiger partial charge in [0.2, 0.25) is 0 Å². The Labute approximate surface area is 105 Å². The number of allylic oxidation sites excluding steroid dienone is 3. The van der Waals surface area contributed by atoms with Crippen LogP contribution in [0.25, 0.3) is 0 Å². The van der Waals surface area contributed by atoms with Gasteiger partial charge in [0.25, 0.3) is 0 Å². The van der Waals surface area contributed by atoms with E-state index in [1.54, 1.807) is 6.92 Å². The third kappa shape index (κ3) is 11.2. The summed E-state index contributed by atoms with van der Waals surface area (Å²) in [6.07, 6.45) is 9.85. The number of aliphatic carboxylic acids is 1. The molecule has 0 rings (SSSR count). The van der Waals surface area contributed by atoms with Crippen LogP contribution in [0.2, 0.25) is 0 Å². The van der Waals surface area contributed by atoms with Crippen LogP contribution in [0.1, 0.15) is 53.4 Å². The molecular weight excluding hydrogens is 212 g/mol. The lowest BCUT2D eigenvalue weighted by atomic mass is 9.97. The highest BCUT2D eigenvalue weighted by Crippen LogP contribution is 2.15. The first-order valence-corrected chi connectivity index (χ1v) is 6.47. The van der Waals surface area contributed by atoms with E-state index in [4.69, 9.17) is 0 Å². The van der Waals surface area contributed by atoms with Gasteiger partial charge in [-0.15, -0.1) is 0 Å². The largest absolute Gasteiger partial charge is 0.545 e. The van der Waals surface area contributed by atoms with Crippen molar-refractivity contribution in [1.29, 1.82) is 0 Å². The Balaban J connectivity index is 3.79. The molecule has 0 saturated heterocycles. The van der Waals surface area contributed by atoms with E-state index in [1.165, 1.54) is 19.3 Å². The van der Waals surface area contributed by atoms with Crippen LogP contribution in [-0.2, 0) is 4.79 Å². The molecule has 1 atom stereocenters. The molecule has 0 aromatic carbocycles. The number of carboxylic acids is 1. The van der Waals surface area contributed by atoms with Gasteiger partial charge in [0.15, 0.2) is 0 Å². The second-order valence-electron chi connectivity index (χ2n) is 5.28. The molecule has 0 saturated carbocycles. The Morgan fingerprint density at radius 2 is 1.88 bits per heavy atom. The maximum absolute atomic E-state index is 10.3. The predicted octanol–water partition coefficient (Wildman–Crippen LogP) is 3.09. The summed E-state index contributed by atoms with van der Waals surface area (Å²) >= 11 is 0. The fourth-order valence-corrected chi connectivity index (χ4v) is 1.71. The summed E-state index contributed by atoms with van der Waals surface area (Å²) in [4.78, 5) is 10.3. The maximum atomic E-state index is 10.3. The normalized spacial score (nSPS) is 14.5. The van der Waals surface area contributed by atoms with Gasteiger partial charge in [0.1, 0.15) is 0 Å². The van der Waals surface area contributed by atoms with Crippen molar-refractivity contribution in [2.75, 3.05) is 0 Å². The van der Waals surface area contributed by atoms with E-state index in [2.05, 4.69) is 26.8 Å². The van der Waals surface area contributed by atoms with E-state index in [0.29, 0.717) is 5.92 Å². The lowest BCUT2D eigenvalue weighted by molar-refractivity contribution is -0.297. The SMILES string of the molecule is CC(/C=C/CC(C)CCCC(C)C)=C\C(=O)[O-]. The van der Waals surface area contributed by atoms with Crippen LogP contribution >= 0.6 is 0 Å². The van der Waals surface area contributed by atoms with Crippen LogP contribution in [0.3, 0.4) is 0 Å². The molecule has 17 heavy (non-hydrogen) atoms. The summed E-state index contributed by atoms with van der Waals surface area (Å²) in [6, 6.07) is 0. The monoisotopic (exact) mass is 237 g/mol. The van der Waals surface area contributed by atoms with Crippen LogP contribution in [-0.4, -0.2) is 5.97 Å². The summed E-state index contributed by atoms with van der Waals surface area (Å²) < 4.78 is 0. The van der Waals surface area contributed by atoms with Gasteiger partial charge in [0, 0.05) is 0 Å². The molecule has 0 aromatic rings. The van der Waals surface area contributed by atoms with E-state index in [1.807, 2.05) is 6.08 Å². The highest BCUT2D eigenvalue weighted by atomic mass is 16.4. The van der Waals surface area contributed by atoms with E-state index < -0.39 is 5.97 Å². The summed E-state index contributed by atoms with van der Waals surface area (Å²) in [7, 11) is 0. The third-order valence-corrected chi connectivity index (χ3v) is 2.74. The predicted molar refractivity (Wildman–Crippen MR) is 70.4 cm³/mol. The molecule has 2 heteroatoms. The Bertz CT molecular complexity index is 275. The first kappa shape index (κ1) is 16.0. The highest BCUT2D eigenvalue weighted by molar-refractivity contribution is 5.79. The van der Waals surface area contributed by atoms with Crippen molar-refractivity contribution >= 4 is 5.97 Å². The summed E-state index contributed by atoms with van der Waals surface area (Å²) in [6.45, 7) is 8.51. The fraction of sp³-hybridized carbons (Fsp3) is 0.667. The van der Waals surface area contributed by atoms with Crippen molar-refractivity contribution in [2.24, 2.45) is 11.8 Å². The molecule has 0 bridgehead atoms. The van der Waals surface area contributed by atoms with Gasteiger partial charge in [-0.25, -0.2) is 0 Å². The van der Waals surface area contributed by atoms with Crippen LogP contribution in [0.4, 0.5) is 0 Å². The number of carbonyl (C=O) groups is 1. The topological polar surface area (TPSA) is 40.1 Å². The van der Waals surface area contributed by atoms with Crippen molar-refractivity contribution in [3.05, 3.63) is 23.8 Å². The second kappa shape index (κ2) is 9.03. The van der Waals surface area contributed by atoms with E-state index in [9.17, 15) is 9.90 Å². The Hall–Kier alpha value is -1.05. The number of carboxylic acid groups (broad SMARTS) is 1. The van der Waals surface area contributed by atoms with E-state index in [-0.39, 0.29) is 0 Å². The van der Waals surface area contributed by atoms with Gasteiger partial charge < -0.3 is 9.90 Å². The zero-order valence-corrected chi connectivity index (χ0v) is 11.5. The molecule has 0 spiro atoms. The van der Waals surface area contributed by atoms with Crippen molar-refractivity contribution in [1.82, 2.24) is 0 Å². The number of carbonyl (C=O) groups excluding carboxylic acids is 1. The van der Waals surface area contributed by atoms with Crippen molar-refractivity contribution in [3.63, 3.8) is 0 Å². The summed E-state index contributed by atoms with van der Waals surface area (Å²) in [5.41, 5.74) is 0.736. The highest BCUT2D eigenvalue weighted by Gasteiger charge is 2.00. The van der Waals surface area contributed by atoms with Crippen LogP contribution in [0.15, 0.2) is 23.8 Å². The molecule has 0 aliphatic rings. The van der Waals surface area contributed by atoms with Gasteiger partial charge in [0.05, 0.1) is 5.97 Å². The minimum Gasteiger partial charge on any atom is -0.545 e. The first-order chi connectivity index (χ1) is 7.91. The summed E-state index contributed by atoms with van der Waals surface area (Å²) in [5, 5.41) is 10.3. The number of hydrogen-bond acceptors (Lipinski definition) is 2. The quantitative estimate of drug-likeness (QED) is 0.481. The number of hydrogen-bond donors (Lipinski definition) is 0. The minimum atomic E-state index is -1.13. The molecule has 2 nitrogen and oxygen atoms in total. The molecule has 1 unspecified atom stereocenters. The lowest BCUT2D eigenvalue weighted by Gasteiger charge is -2.09. The molecule has 0 aromatic heterocycles. The smallest absolute Gasteiger partial charge is 0.0645 e. The standard InChI is InChI=1S/C15H26O2/c1-12(2)7-5-8-13(3)9-6-10-14(4)11-15(16)17/h6,10-13H,5,7-9H2,1-4H3,(H,16,17)/p-1/b10-6+,14-11+. The Morgan fingerprint density at radius 1 is 1.24 bits per heavy atom. The summed E-state index contributed by atoms with van der Waals surface area (Å²) in [5.74, 6) is 0.323. The van der Waals surface area contributed by atoms with E-state index >= 15 is 0 Å². The molecule has 0 fully saturated rings. The van der Waals surface area contributed by atoms with E-state index in [0.717, 1.165) is 24.0 Å². The first-order valence-electron chi connectivity index (χ1n) is 6.47. The molecule has 0 amide bonds. The zero-order valence-electron chi connectivity index (χ0n) is 11.5. The van der Waals surface area contributed by atoms with Gasteiger partial charge in [-0.2, -0.15) is 0 Å². The lowest BCUT2D eigenvalue weighted by Crippen LogP contribution is -2.19. The molecule has 0 aliphatic carbocycles. The van der Waals surface area contributed by atoms with Gasteiger partial charge in [-0.1, -0.05) is 52.2 Å². The van der Waals surface area contributed by atoms with Crippen molar-refractivity contribution in [2.45, 2.75) is 53.4 Å². The maximum Gasteiger partial charge on any atom is 0.0645 e.